The van der Waals surface area contributed by atoms with E-state index in [2.05, 4.69) is 9.97 Å². The maximum atomic E-state index is 12.6. The average molecular weight is 319 g/mol. The molecule has 0 saturated carbocycles. The van der Waals surface area contributed by atoms with Crippen molar-refractivity contribution in [2.75, 3.05) is 18.9 Å². The van der Waals surface area contributed by atoms with Gasteiger partial charge in [0.2, 0.25) is 0 Å². The van der Waals surface area contributed by atoms with E-state index in [0.29, 0.717) is 42.5 Å². The van der Waals surface area contributed by atoms with Crippen molar-refractivity contribution >= 4 is 15.7 Å². The molecule has 1 saturated heterocycles. The molecule has 0 atom stereocenters. The van der Waals surface area contributed by atoms with Crippen LogP contribution < -0.4 is 5.73 Å². The number of rotatable bonds is 3. The Labute approximate surface area is 129 Å². The molecule has 0 spiro atoms. The largest absolute Gasteiger partial charge is 0.382 e. The smallest absolute Gasteiger partial charge is 0.181 e. The van der Waals surface area contributed by atoms with Crippen LogP contribution in [0.2, 0.25) is 0 Å². The Hall–Kier alpha value is -1.99. The van der Waals surface area contributed by atoms with E-state index >= 15 is 0 Å². The maximum absolute atomic E-state index is 12.6. The van der Waals surface area contributed by atoms with Gasteiger partial charge in [-0.15, -0.1) is 0 Å². The Balaban J connectivity index is 1.89. The van der Waals surface area contributed by atoms with Crippen LogP contribution >= 0.6 is 0 Å². The minimum absolute atomic E-state index is 0.322. The summed E-state index contributed by atoms with van der Waals surface area (Å²) in [5.74, 6) is 0.322. The summed E-state index contributed by atoms with van der Waals surface area (Å²) in [5.41, 5.74) is 7.09. The van der Waals surface area contributed by atoms with E-state index in [9.17, 15) is 8.42 Å². The molecule has 1 aliphatic heterocycles. The van der Waals surface area contributed by atoms with Crippen LogP contribution in [0.1, 0.15) is 12.8 Å². The van der Waals surface area contributed by atoms with Gasteiger partial charge in [-0.1, -0.05) is 12.1 Å². The van der Waals surface area contributed by atoms with E-state index in [1.54, 1.807) is 30.5 Å². The van der Waals surface area contributed by atoms with Gasteiger partial charge in [-0.3, -0.25) is 4.98 Å². The summed E-state index contributed by atoms with van der Waals surface area (Å²) in [6, 6.07) is 6.64. The lowest BCUT2D eigenvalue weighted by molar-refractivity contribution is 0.0983. The van der Waals surface area contributed by atoms with Crippen molar-refractivity contribution in [1.29, 1.82) is 0 Å². The molecule has 2 aromatic rings. The molecule has 0 amide bonds. The lowest BCUT2D eigenvalue weighted by Gasteiger charge is -2.22. The van der Waals surface area contributed by atoms with E-state index in [-0.39, 0.29) is 5.25 Å². The molecule has 0 bridgehead atoms. The molecule has 1 aromatic heterocycles. The fourth-order valence-corrected chi connectivity index (χ4v) is 4.27. The van der Waals surface area contributed by atoms with Gasteiger partial charge in [0.05, 0.1) is 10.1 Å². The van der Waals surface area contributed by atoms with Crippen LogP contribution in [0.4, 0.5) is 5.82 Å². The molecule has 3 rings (SSSR count). The Morgan fingerprint density at radius 2 is 1.68 bits per heavy atom. The minimum atomic E-state index is -3.32. The Bertz CT molecular complexity index is 754. The van der Waals surface area contributed by atoms with Crippen molar-refractivity contribution in [2.45, 2.75) is 23.0 Å². The number of sulfone groups is 1. The zero-order valence-electron chi connectivity index (χ0n) is 12.0. The second-order valence-corrected chi connectivity index (χ2v) is 7.40. The number of nitrogen functional groups attached to an aromatic ring is 1. The van der Waals surface area contributed by atoms with E-state index in [4.69, 9.17) is 10.5 Å². The highest BCUT2D eigenvalue weighted by atomic mass is 32.2. The first kappa shape index (κ1) is 14.9. The number of benzene rings is 1. The molecule has 0 radical (unpaired) electrons. The SMILES string of the molecule is Nc1nccnc1-c1ccc(S(=O)(=O)C2CCOCC2)cc1. The predicted octanol–water partition coefficient (Wildman–Crippen LogP) is 1.68. The number of hydrogen-bond acceptors (Lipinski definition) is 6. The number of hydrogen-bond donors (Lipinski definition) is 1. The van der Waals surface area contributed by atoms with Gasteiger partial charge in [-0.05, 0) is 25.0 Å². The highest BCUT2D eigenvalue weighted by Crippen LogP contribution is 2.27. The topological polar surface area (TPSA) is 95.2 Å². The van der Waals surface area contributed by atoms with Crippen LogP contribution in [-0.4, -0.2) is 36.8 Å². The Morgan fingerprint density at radius 3 is 2.32 bits per heavy atom. The summed E-state index contributed by atoms with van der Waals surface area (Å²) >= 11 is 0. The van der Waals surface area contributed by atoms with Gasteiger partial charge in [-0.2, -0.15) is 0 Å². The van der Waals surface area contributed by atoms with E-state index in [1.165, 1.54) is 6.20 Å². The third kappa shape index (κ3) is 2.82. The summed E-state index contributed by atoms with van der Waals surface area (Å²) in [4.78, 5) is 8.48. The molecule has 22 heavy (non-hydrogen) atoms. The van der Waals surface area contributed by atoms with Crippen LogP contribution in [0.5, 0.6) is 0 Å². The molecule has 1 aromatic carbocycles. The zero-order valence-corrected chi connectivity index (χ0v) is 12.8. The summed E-state index contributed by atoms with van der Waals surface area (Å²) in [6.45, 7) is 0.996. The molecule has 0 aliphatic carbocycles. The molecule has 0 unspecified atom stereocenters. The highest BCUT2D eigenvalue weighted by molar-refractivity contribution is 7.92. The van der Waals surface area contributed by atoms with Crippen molar-refractivity contribution in [1.82, 2.24) is 9.97 Å². The Morgan fingerprint density at radius 1 is 1.05 bits per heavy atom. The standard InChI is InChI=1S/C15H17N3O3S/c16-15-14(17-7-8-18-15)11-1-3-12(4-2-11)22(19,20)13-5-9-21-10-6-13/h1-4,7-8,13H,5-6,9-10H2,(H2,16,18). The van der Waals surface area contributed by atoms with Crippen molar-refractivity contribution in [3.8, 4) is 11.3 Å². The van der Waals surface area contributed by atoms with Gasteiger partial charge < -0.3 is 10.5 Å². The number of ether oxygens (including phenoxy) is 1. The summed E-state index contributed by atoms with van der Waals surface area (Å²) < 4.78 is 30.4. The van der Waals surface area contributed by atoms with Crippen LogP contribution in [0, 0.1) is 0 Å². The van der Waals surface area contributed by atoms with Gasteiger partial charge in [0, 0.05) is 31.2 Å². The highest BCUT2D eigenvalue weighted by Gasteiger charge is 2.29. The minimum Gasteiger partial charge on any atom is -0.382 e. The fourth-order valence-electron chi connectivity index (χ4n) is 2.55. The second kappa shape index (κ2) is 6.02. The average Bonchev–Trinajstić information content (AvgIpc) is 2.56. The molecular formula is C15H17N3O3S. The number of anilines is 1. The maximum Gasteiger partial charge on any atom is 0.181 e. The van der Waals surface area contributed by atoms with Crippen molar-refractivity contribution in [3.05, 3.63) is 36.7 Å². The van der Waals surface area contributed by atoms with Crippen molar-refractivity contribution in [3.63, 3.8) is 0 Å². The first-order valence-corrected chi connectivity index (χ1v) is 8.62. The summed E-state index contributed by atoms with van der Waals surface area (Å²) in [6.07, 6.45) is 4.16. The van der Waals surface area contributed by atoms with Gasteiger partial charge >= 0.3 is 0 Å². The fraction of sp³-hybridized carbons (Fsp3) is 0.333. The molecule has 1 fully saturated rings. The predicted molar refractivity (Wildman–Crippen MR) is 82.9 cm³/mol. The van der Waals surface area contributed by atoms with Crippen LogP contribution in [-0.2, 0) is 14.6 Å². The first-order valence-electron chi connectivity index (χ1n) is 7.07. The molecule has 2 heterocycles. The van der Waals surface area contributed by atoms with Crippen molar-refractivity contribution < 1.29 is 13.2 Å². The lowest BCUT2D eigenvalue weighted by atomic mass is 10.1. The van der Waals surface area contributed by atoms with Crippen LogP contribution in [0.25, 0.3) is 11.3 Å². The zero-order chi connectivity index (χ0) is 15.6. The van der Waals surface area contributed by atoms with Crippen molar-refractivity contribution in [2.24, 2.45) is 0 Å². The number of aromatic nitrogens is 2. The van der Waals surface area contributed by atoms with Crippen LogP contribution in [0.15, 0.2) is 41.6 Å². The molecule has 6 nitrogen and oxygen atoms in total. The monoisotopic (exact) mass is 319 g/mol. The normalized spacial score (nSPS) is 16.5. The van der Waals surface area contributed by atoms with Gasteiger partial charge in [-0.25, -0.2) is 13.4 Å². The van der Waals surface area contributed by atoms with Gasteiger partial charge in [0.1, 0.15) is 11.5 Å². The van der Waals surface area contributed by atoms with Gasteiger partial charge in [0.25, 0.3) is 0 Å². The third-order valence-electron chi connectivity index (χ3n) is 3.79. The van der Waals surface area contributed by atoms with E-state index in [0.717, 1.165) is 5.56 Å². The van der Waals surface area contributed by atoms with E-state index in [1.807, 2.05) is 0 Å². The lowest BCUT2D eigenvalue weighted by Crippen LogP contribution is -2.28. The van der Waals surface area contributed by atoms with Gasteiger partial charge in [0.15, 0.2) is 9.84 Å². The summed E-state index contributed by atoms with van der Waals surface area (Å²) in [5, 5.41) is -0.367. The quantitative estimate of drug-likeness (QED) is 0.925. The number of nitrogens with two attached hydrogens (primary N) is 1. The second-order valence-electron chi connectivity index (χ2n) is 5.17. The third-order valence-corrected chi connectivity index (χ3v) is 6.07. The van der Waals surface area contributed by atoms with E-state index < -0.39 is 9.84 Å². The van der Waals surface area contributed by atoms with Crippen LogP contribution in [0.3, 0.4) is 0 Å². The molecular weight excluding hydrogens is 302 g/mol. The number of nitrogens with zero attached hydrogens (tertiary/aromatic N) is 2. The molecule has 1 aliphatic rings. The Kier molecular flexibility index (Phi) is 4.08. The molecule has 7 heteroatoms. The molecule has 2 N–H and O–H groups in total. The first-order chi connectivity index (χ1) is 10.6. The summed E-state index contributed by atoms with van der Waals surface area (Å²) in [7, 11) is -3.32. The molecule has 116 valence electrons.